The second kappa shape index (κ2) is 11.4. The second-order valence-corrected chi connectivity index (χ2v) is 10.7. The molecule has 11 heteroatoms. The van der Waals surface area contributed by atoms with Gasteiger partial charge in [0.15, 0.2) is 0 Å². The smallest absolute Gasteiger partial charge is 0.253 e. The maximum atomic E-state index is 13.1. The molecule has 3 aromatic carbocycles. The number of ether oxygens (including phenoxy) is 1. The van der Waals surface area contributed by atoms with Crippen LogP contribution < -0.4 is 14.8 Å². The summed E-state index contributed by atoms with van der Waals surface area (Å²) in [5.74, 6) is 0.00266. The van der Waals surface area contributed by atoms with Gasteiger partial charge >= 0.3 is 0 Å². The zero-order chi connectivity index (χ0) is 26.6. The number of rotatable bonds is 9. The summed E-state index contributed by atoms with van der Waals surface area (Å²) in [4.78, 5) is 12.8. The normalized spacial score (nSPS) is 11.4. The van der Waals surface area contributed by atoms with E-state index in [1.54, 1.807) is 35.1 Å². The van der Waals surface area contributed by atoms with Gasteiger partial charge in [0.2, 0.25) is 10.0 Å². The Labute approximate surface area is 225 Å². The van der Waals surface area contributed by atoms with Crippen LogP contribution in [-0.2, 0) is 30.2 Å². The number of nitrogens with zero attached hydrogens (tertiary/aromatic N) is 2. The highest BCUT2D eigenvalue weighted by Crippen LogP contribution is 2.30. The first kappa shape index (κ1) is 26.7. The van der Waals surface area contributed by atoms with Gasteiger partial charge in [-0.25, -0.2) is 13.1 Å². The van der Waals surface area contributed by atoms with Crippen LogP contribution in [0.4, 0.5) is 0 Å². The van der Waals surface area contributed by atoms with Crippen LogP contribution in [-0.4, -0.2) is 31.2 Å². The van der Waals surface area contributed by atoms with Crippen LogP contribution in [0.3, 0.4) is 0 Å². The molecule has 0 spiro atoms. The molecular weight excluding hydrogens is 535 g/mol. The van der Waals surface area contributed by atoms with Crippen molar-refractivity contribution in [3.8, 4) is 16.9 Å². The Morgan fingerprint density at radius 2 is 1.70 bits per heavy atom. The first-order valence-electron chi connectivity index (χ1n) is 11.2. The lowest BCUT2D eigenvalue weighted by atomic mass is 10.0. The third-order valence-electron chi connectivity index (χ3n) is 5.67. The Hall–Kier alpha value is -3.37. The molecular formula is C26H24Cl2N4O4S. The number of aryl methyl sites for hydroxylation is 1. The lowest BCUT2D eigenvalue weighted by Gasteiger charge is -2.14. The van der Waals surface area contributed by atoms with E-state index in [9.17, 15) is 13.2 Å². The average molecular weight is 559 g/mol. The highest BCUT2D eigenvalue weighted by molar-refractivity contribution is 7.89. The van der Waals surface area contributed by atoms with Crippen LogP contribution in [0.25, 0.3) is 11.1 Å². The number of aromatic nitrogens is 2. The van der Waals surface area contributed by atoms with E-state index in [0.29, 0.717) is 11.3 Å². The zero-order valence-corrected chi connectivity index (χ0v) is 22.4. The van der Waals surface area contributed by atoms with Gasteiger partial charge in [-0.3, -0.25) is 9.48 Å². The summed E-state index contributed by atoms with van der Waals surface area (Å²) in [6.07, 6.45) is 3.62. The number of hydrogen-bond acceptors (Lipinski definition) is 5. The number of carbonyl (C=O) groups excluding carboxylic acids is 1. The fourth-order valence-corrected chi connectivity index (χ4v) is 5.66. The predicted octanol–water partition coefficient (Wildman–Crippen LogP) is 4.81. The van der Waals surface area contributed by atoms with Crippen molar-refractivity contribution in [2.24, 2.45) is 7.05 Å². The minimum Gasteiger partial charge on any atom is -0.496 e. The topological polar surface area (TPSA) is 102 Å². The molecule has 0 atom stereocenters. The van der Waals surface area contributed by atoms with Gasteiger partial charge in [-0.2, -0.15) is 5.10 Å². The summed E-state index contributed by atoms with van der Waals surface area (Å²) in [6, 6.07) is 17.1. The molecule has 8 nitrogen and oxygen atoms in total. The monoisotopic (exact) mass is 558 g/mol. The molecule has 0 aliphatic rings. The molecule has 0 aliphatic carbocycles. The van der Waals surface area contributed by atoms with Gasteiger partial charge in [-0.1, -0.05) is 65.7 Å². The predicted molar refractivity (Wildman–Crippen MR) is 143 cm³/mol. The maximum Gasteiger partial charge on any atom is 0.253 e. The highest BCUT2D eigenvalue weighted by Gasteiger charge is 2.23. The average Bonchev–Trinajstić information content (AvgIpc) is 3.32. The largest absolute Gasteiger partial charge is 0.496 e. The van der Waals surface area contributed by atoms with E-state index >= 15 is 0 Å². The number of hydrogen-bond donors (Lipinski definition) is 2. The summed E-state index contributed by atoms with van der Waals surface area (Å²) in [6.45, 7) is 0.162. The molecule has 4 rings (SSSR count). The van der Waals surface area contributed by atoms with Crippen LogP contribution in [0, 0.1) is 0 Å². The molecule has 0 saturated carbocycles. The molecule has 0 bridgehead atoms. The molecule has 0 aliphatic heterocycles. The first-order chi connectivity index (χ1) is 17.7. The first-order valence-corrected chi connectivity index (χ1v) is 13.4. The van der Waals surface area contributed by atoms with E-state index in [-0.39, 0.29) is 33.6 Å². The van der Waals surface area contributed by atoms with Gasteiger partial charge in [0, 0.05) is 37.5 Å². The Morgan fingerprint density at radius 1 is 1.00 bits per heavy atom. The fraction of sp³-hybridized carbons (Fsp3) is 0.154. The Morgan fingerprint density at radius 3 is 2.41 bits per heavy atom. The number of halogens is 2. The van der Waals surface area contributed by atoms with Crippen LogP contribution in [0.2, 0.25) is 10.0 Å². The molecule has 192 valence electrons. The SMILES string of the molecule is COc1ccccc1CNS(=O)(=O)c1cc(C(=O)NCc2ccccc2-c2cnn(C)c2)c(Cl)cc1Cl. The van der Waals surface area contributed by atoms with Crippen molar-refractivity contribution in [1.82, 2.24) is 19.8 Å². The number of amides is 1. The summed E-state index contributed by atoms with van der Waals surface area (Å²) in [7, 11) is -0.750. The van der Waals surface area contributed by atoms with Gasteiger partial charge in [0.25, 0.3) is 5.91 Å². The van der Waals surface area contributed by atoms with E-state index in [1.165, 1.54) is 19.2 Å². The number of nitrogens with one attached hydrogen (secondary N) is 2. The van der Waals surface area contributed by atoms with Crippen LogP contribution in [0.15, 0.2) is 78.0 Å². The minimum atomic E-state index is -4.08. The van der Waals surface area contributed by atoms with Gasteiger partial charge < -0.3 is 10.1 Å². The molecule has 2 N–H and O–H groups in total. The van der Waals surface area contributed by atoms with Crippen molar-refractivity contribution >= 4 is 39.1 Å². The molecule has 4 aromatic rings. The summed E-state index contributed by atoms with van der Waals surface area (Å²) in [5.41, 5.74) is 3.32. The van der Waals surface area contributed by atoms with E-state index in [4.69, 9.17) is 27.9 Å². The van der Waals surface area contributed by atoms with Crippen molar-refractivity contribution in [3.05, 3.63) is 99.8 Å². The van der Waals surface area contributed by atoms with E-state index in [0.717, 1.165) is 16.7 Å². The number of carbonyl (C=O) groups is 1. The van der Waals surface area contributed by atoms with E-state index in [2.05, 4.69) is 15.1 Å². The molecule has 1 aromatic heterocycles. The standard InChI is InChI=1S/C26H24Cl2N4O4S/c1-32-16-19(14-30-32)20-9-5-3-7-17(20)13-29-26(33)21-11-25(23(28)12-22(21)27)37(34,35)31-15-18-8-4-6-10-24(18)36-2/h3-12,14,16,31H,13,15H2,1-2H3,(H,29,33). The summed E-state index contributed by atoms with van der Waals surface area (Å²) >= 11 is 12.5. The van der Waals surface area contributed by atoms with Crippen molar-refractivity contribution in [1.29, 1.82) is 0 Å². The lowest BCUT2D eigenvalue weighted by molar-refractivity contribution is 0.0951. The Bertz CT molecular complexity index is 1550. The number of para-hydroxylation sites is 1. The van der Waals surface area contributed by atoms with Crippen LogP contribution >= 0.6 is 23.2 Å². The number of sulfonamides is 1. The number of methoxy groups -OCH3 is 1. The van der Waals surface area contributed by atoms with Crippen molar-refractivity contribution in [2.45, 2.75) is 18.0 Å². The lowest BCUT2D eigenvalue weighted by Crippen LogP contribution is -2.26. The molecule has 0 saturated heterocycles. The third kappa shape index (κ3) is 6.14. The van der Waals surface area contributed by atoms with E-state index in [1.807, 2.05) is 37.5 Å². The molecule has 0 unspecified atom stereocenters. The molecule has 1 heterocycles. The zero-order valence-electron chi connectivity index (χ0n) is 20.0. The highest BCUT2D eigenvalue weighted by atomic mass is 35.5. The van der Waals surface area contributed by atoms with Gasteiger partial charge in [-0.05, 0) is 29.3 Å². The Balaban J connectivity index is 1.54. The molecule has 0 radical (unpaired) electrons. The van der Waals surface area contributed by atoms with Crippen LogP contribution in [0.5, 0.6) is 5.75 Å². The van der Waals surface area contributed by atoms with Gasteiger partial charge in [-0.15, -0.1) is 0 Å². The van der Waals surface area contributed by atoms with Gasteiger partial charge in [0.1, 0.15) is 10.6 Å². The molecule has 37 heavy (non-hydrogen) atoms. The fourth-order valence-electron chi connectivity index (χ4n) is 3.80. The summed E-state index contributed by atoms with van der Waals surface area (Å²) in [5, 5.41) is 6.95. The molecule has 1 amide bonds. The van der Waals surface area contributed by atoms with E-state index < -0.39 is 15.9 Å². The van der Waals surface area contributed by atoms with Crippen molar-refractivity contribution in [2.75, 3.05) is 7.11 Å². The van der Waals surface area contributed by atoms with Crippen molar-refractivity contribution in [3.63, 3.8) is 0 Å². The quantitative estimate of drug-likeness (QED) is 0.307. The summed E-state index contributed by atoms with van der Waals surface area (Å²) < 4.78 is 35.6. The Kier molecular flexibility index (Phi) is 8.19. The second-order valence-electron chi connectivity index (χ2n) is 8.14. The maximum absolute atomic E-state index is 13.1. The molecule has 0 fully saturated rings. The third-order valence-corrected chi connectivity index (χ3v) is 7.85. The van der Waals surface area contributed by atoms with Crippen molar-refractivity contribution < 1.29 is 17.9 Å². The van der Waals surface area contributed by atoms with Gasteiger partial charge in [0.05, 0.1) is 28.9 Å². The minimum absolute atomic E-state index is 0.0115. The number of benzene rings is 3. The van der Waals surface area contributed by atoms with Crippen LogP contribution in [0.1, 0.15) is 21.5 Å².